The molecular weight excluding hydrogens is 448 g/mol. The number of carbonyl (C=O) groups excluding carboxylic acids is 1. The van der Waals surface area contributed by atoms with Crippen molar-refractivity contribution in [2.45, 2.75) is 11.3 Å². The second kappa shape index (κ2) is 9.20. The Morgan fingerprint density at radius 1 is 1.22 bits per heavy atom. The molecular formula is C18H17BrN4O2S2. The number of hydrogen-bond donors (Lipinski definition) is 2. The van der Waals surface area contributed by atoms with E-state index in [1.807, 2.05) is 49.4 Å². The number of thioether (sulfide) groups is 1. The van der Waals surface area contributed by atoms with E-state index < -0.39 is 0 Å². The van der Waals surface area contributed by atoms with E-state index >= 15 is 0 Å². The van der Waals surface area contributed by atoms with Gasteiger partial charge in [-0.25, -0.2) is 0 Å². The summed E-state index contributed by atoms with van der Waals surface area (Å²) in [6, 6.07) is 13.3. The second-order valence-corrected chi connectivity index (χ2v) is 8.60. The zero-order chi connectivity index (χ0) is 19.2. The summed E-state index contributed by atoms with van der Waals surface area (Å²) in [4.78, 5) is 12.2. The Balaban J connectivity index is 1.52. The van der Waals surface area contributed by atoms with Crippen LogP contribution in [0.2, 0.25) is 0 Å². The highest BCUT2D eigenvalue weighted by atomic mass is 79.9. The number of nitrogens with one attached hydrogen (secondary N) is 2. The largest absolute Gasteiger partial charge is 0.497 e. The van der Waals surface area contributed by atoms with Gasteiger partial charge in [0.2, 0.25) is 11.0 Å². The number of benzene rings is 2. The first kappa shape index (κ1) is 19.7. The van der Waals surface area contributed by atoms with Crippen molar-refractivity contribution in [2.75, 3.05) is 23.5 Å². The van der Waals surface area contributed by atoms with Crippen molar-refractivity contribution < 1.29 is 9.53 Å². The molecule has 0 radical (unpaired) electrons. The van der Waals surface area contributed by atoms with Crippen molar-refractivity contribution in [3.8, 4) is 5.75 Å². The van der Waals surface area contributed by atoms with Gasteiger partial charge in [-0.2, -0.15) is 0 Å². The van der Waals surface area contributed by atoms with E-state index in [1.165, 1.54) is 23.1 Å². The van der Waals surface area contributed by atoms with E-state index in [9.17, 15) is 4.79 Å². The standard InChI is InChI=1S/C18H17BrN4O2S2/c1-11-3-8-15(14(19)9-11)21-16(24)10-26-18-23-22-17(27-18)20-12-4-6-13(25-2)7-5-12/h3-9H,10H2,1-2H3,(H,20,22)(H,21,24). The predicted molar refractivity (Wildman–Crippen MR) is 114 cm³/mol. The zero-order valence-electron chi connectivity index (χ0n) is 14.7. The number of methoxy groups -OCH3 is 1. The van der Waals surface area contributed by atoms with Crippen LogP contribution in [0.5, 0.6) is 5.75 Å². The molecule has 0 aliphatic carbocycles. The summed E-state index contributed by atoms with van der Waals surface area (Å²) in [6.45, 7) is 2.00. The van der Waals surface area contributed by atoms with E-state index in [4.69, 9.17) is 4.74 Å². The van der Waals surface area contributed by atoms with Crippen molar-refractivity contribution in [2.24, 2.45) is 0 Å². The zero-order valence-corrected chi connectivity index (χ0v) is 17.9. The summed E-state index contributed by atoms with van der Waals surface area (Å²) in [5.74, 6) is 0.960. The number of nitrogens with zero attached hydrogens (tertiary/aromatic N) is 2. The molecule has 0 unspecified atom stereocenters. The van der Waals surface area contributed by atoms with E-state index in [2.05, 4.69) is 36.8 Å². The number of aromatic nitrogens is 2. The quantitative estimate of drug-likeness (QED) is 0.474. The molecule has 9 heteroatoms. The Hall–Kier alpha value is -2.10. The topological polar surface area (TPSA) is 76.1 Å². The molecule has 0 saturated heterocycles. The number of halogens is 1. The molecule has 0 atom stereocenters. The molecule has 140 valence electrons. The maximum Gasteiger partial charge on any atom is 0.234 e. The summed E-state index contributed by atoms with van der Waals surface area (Å²) in [7, 11) is 1.63. The second-order valence-electron chi connectivity index (χ2n) is 5.55. The lowest BCUT2D eigenvalue weighted by molar-refractivity contribution is -0.113. The van der Waals surface area contributed by atoms with Crippen LogP contribution in [0, 0.1) is 6.92 Å². The van der Waals surface area contributed by atoms with Crippen LogP contribution in [0.4, 0.5) is 16.5 Å². The molecule has 2 N–H and O–H groups in total. The van der Waals surface area contributed by atoms with Gasteiger partial charge in [0.25, 0.3) is 0 Å². The lowest BCUT2D eigenvalue weighted by Crippen LogP contribution is -2.14. The van der Waals surface area contributed by atoms with Crippen LogP contribution in [0.15, 0.2) is 51.3 Å². The van der Waals surface area contributed by atoms with Gasteiger partial charge >= 0.3 is 0 Å². The van der Waals surface area contributed by atoms with Gasteiger partial charge in [0.1, 0.15) is 5.75 Å². The fourth-order valence-electron chi connectivity index (χ4n) is 2.15. The SMILES string of the molecule is COc1ccc(Nc2nnc(SCC(=O)Nc3ccc(C)cc3Br)s2)cc1. The molecule has 2 aromatic carbocycles. The lowest BCUT2D eigenvalue weighted by Gasteiger charge is -2.07. The molecule has 0 spiro atoms. The van der Waals surface area contributed by atoms with Crippen molar-refractivity contribution >= 4 is 61.4 Å². The monoisotopic (exact) mass is 464 g/mol. The van der Waals surface area contributed by atoms with Crippen molar-refractivity contribution in [1.29, 1.82) is 0 Å². The van der Waals surface area contributed by atoms with Crippen molar-refractivity contribution in [3.63, 3.8) is 0 Å². The first-order valence-electron chi connectivity index (χ1n) is 7.97. The smallest absolute Gasteiger partial charge is 0.234 e. The highest BCUT2D eigenvalue weighted by Crippen LogP contribution is 2.29. The highest BCUT2D eigenvalue weighted by molar-refractivity contribution is 9.10. The lowest BCUT2D eigenvalue weighted by atomic mass is 10.2. The maximum absolute atomic E-state index is 12.2. The number of carbonyl (C=O) groups is 1. The summed E-state index contributed by atoms with van der Waals surface area (Å²) in [6.07, 6.45) is 0. The highest BCUT2D eigenvalue weighted by Gasteiger charge is 2.10. The van der Waals surface area contributed by atoms with Gasteiger partial charge in [-0.3, -0.25) is 4.79 Å². The van der Waals surface area contributed by atoms with Crippen molar-refractivity contribution in [1.82, 2.24) is 10.2 Å². The van der Waals surface area contributed by atoms with Crippen LogP contribution < -0.4 is 15.4 Å². The average molecular weight is 465 g/mol. The summed E-state index contributed by atoms with van der Waals surface area (Å²) in [5.41, 5.74) is 2.77. The van der Waals surface area contributed by atoms with Gasteiger partial charge in [-0.15, -0.1) is 10.2 Å². The minimum atomic E-state index is -0.0931. The van der Waals surface area contributed by atoms with Gasteiger partial charge in [0.15, 0.2) is 4.34 Å². The van der Waals surface area contributed by atoms with E-state index in [1.54, 1.807) is 7.11 Å². The normalized spacial score (nSPS) is 10.5. The van der Waals surface area contributed by atoms with Gasteiger partial charge in [0, 0.05) is 10.2 Å². The molecule has 6 nitrogen and oxygen atoms in total. The molecule has 1 amide bonds. The predicted octanol–water partition coefficient (Wildman–Crippen LogP) is 5.09. The molecule has 0 aliphatic rings. The molecule has 3 aromatic rings. The number of ether oxygens (including phenoxy) is 1. The minimum Gasteiger partial charge on any atom is -0.497 e. The van der Waals surface area contributed by atoms with Crippen LogP contribution in [0.25, 0.3) is 0 Å². The third kappa shape index (κ3) is 5.69. The maximum atomic E-state index is 12.2. The Bertz CT molecular complexity index is 931. The van der Waals surface area contributed by atoms with Crippen LogP contribution in [0.3, 0.4) is 0 Å². The van der Waals surface area contributed by atoms with E-state index in [0.29, 0.717) is 5.13 Å². The average Bonchev–Trinajstić information content (AvgIpc) is 3.10. The van der Waals surface area contributed by atoms with Gasteiger partial charge in [-0.05, 0) is 64.8 Å². The Labute approximate surface area is 173 Å². The fourth-order valence-corrected chi connectivity index (χ4v) is 4.32. The minimum absolute atomic E-state index is 0.0931. The molecule has 1 aromatic heterocycles. The molecule has 0 fully saturated rings. The van der Waals surface area contributed by atoms with Gasteiger partial charge < -0.3 is 15.4 Å². The molecule has 0 bridgehead atoms. The number of amides is 1. The number of anilines is 3. The Morgan fingerprint density at radius 3 is 2.70 bits per heavy atom. The Morgan fingerprint density at radius 2 is 2.00 bits per heavy atom. The molecule has 3 rings (SSSR count). The van der Waals surface area contributed by atoms with Crippen LogP contribution in [0.1, 0.15) is 5.56 Å². The van der Waals surface area contributed by atoms with Crippen molar-refractivity contribution in [3.05, 3.63) is 52.5 Å². The molecule has 0 saturated carbocycles. The first-order chi connectivity index (χ1) is 13.0. The number of aryl methyl sites for hydroxylation is 1. The van der Waals surface area contributed by atoms with Crippen LogP contribution in [-0.4, -0.2) is 29.0 Å². The number of rotatable bonds is 7. The van der Waals surface area contributed by atoms with Gasteiger partial charge in [-0.1, -0.05) is 29.2 Å². The summed E-state index contributed by atoms with van der Waals surface area (Å²) in [5, 5.41) is 15.0. The third-order valence-corrected chi connectivity index (χ3v) is 6.10. The summed E-state index contributed by atoms with van der Waals surface area (Å²) >= 11 is 6.21. The third-order valence-electron chi connectivity index (χ3n) is 3.47. The fraction of sp³-hybridized carbons (Fsp3) is 0.167. The first-order valence-corrected chi connectivity index (χ1v) is 10.6. The van der Waals surface area contributed by atoms with E-state index in [-0.39, 0.29) is 11.7 Å². The molecule has 27 heavy (non-hydrogen) atoms. The van der Waals surface area contributed by atoms with E-state index in [0.717, 1.165) is 31.5 Å². The van der Waals surface area contributed by atoms with Crippen LogP contribution >= 0.6 is 39.0 Å². The number of hydrogen-bond acceptors (Lipinski definition) is 7. The molecule has 0 aliphatic heterocycles. The van der Waals surface area contributed by atoms with Crippen LogP contribution in [-0.2, 0) is 4.79 Å². The Kier molecular flexibility index (Phi) is 6.70. The molecule has 1 heterocycles. The van der Waals surface area contributed by atoms with Gasteiger partial charge in [0.05, 0.1) is 18.6 Å². The summed E-state index contributed by atoms with van der Waals surface area (Å²) < 4.78 is 6.73.